The monoisotopic (exact) mass is 412 g/mol. The number of aryl methyl sites for hydroxylation is 2. The quantitative estimate of drug-likeness (QED) is 0.676. The molecule has 0 radical (unpaired) electrons. The van der Waals surface area contributed by atoms with Crippen LogP contribution >= 0.6 is 0 Å². The van der Waals surface area contributed by atoms with E-state index in [0.29, 0.717) is 49.9 Å². The fourth-order valence-corrected chi connectivity index (χ4v) is 3.60. The number of hydrogen-bond acceptors (Lipinski definition) is 6. The third kappa shape index (κ3) is 4.89. The van der Waals surface area contributed by atoms with Crippen LogP contribution < -0.4 is 4.90 Å². The highest BCUT2D eigenvalue weighted by Crippen LogP contribution is 2.25. The Labute approximate surface area is 178 Å². The van der Waals surface area contributed by atoms with E-state index >= 15 is 0 Å². The van der Waals surface area contributed by atoms with Gasteiger partial charge in [-0.2, -0.15) is 0 Å². The van der Waals surface area contributed by atoms with E-state index in [9.17, 15) is 9.59 Å². The standard InChI is InChI=1S/C23H32N4O3/c1-6-30-23(29)21-22(25-19-14-17(5)16(4)13-18(19)24-21)27-11-9-26(10-12-27)20(28)8-7-15(2)3/h13-15H,6-12H2,1-5H3. The number of aromatic nitrogens is 2. The van der Waals surface area contributed by atoms with Crippen molar-refractivity contribution >= 4 is 28.7 Å². The summed E-state index contributed by atoms with van der Waals surface area (Å²) < 4.78 is 5.24. The SMILES string of the molecule is CCOC(=O)c1nc2cc(C)c(C)cc2nc1N1CCN(C(=O)CCC(C)C)CC1. The molecule has 0 atom stereocenters. The Morgan fingerprint density at radius 2 is 1.63 bits per heavy atom. The topological polar surface area (TPSA) is 75.6 Å². The predicted molar refractivity (Wildman–Crippen MR) is 118 cm³/mol. The minimum Gasteiger partial charge on any atom is -0.461 e. The van der Waals surface area contributed by atoms with Crippen molar-refractivity contribution in [2.75, 3.05) is 37.7 Å². The zero-order valence-electron chi connectivity index (χ0n) is 18.7. The van der Waals surface area contributed by atoms with Gasteiger partial charge in [0.1, 0.15) is 0 Å². The molecule has 30 heavy (non-hydrogen) atoms. The number of fused-ring (bicyclic) bond motifs is 1. The summed E-state index contributed by atoms with van der Waals surface area (Å²) in [4.78, 5) is 38.4. The second kappa shape index (κ2) is 9.41. The van der Waals surface area contributed by atoms with Crippen molar-refractivity contribution in [3.8, 4) is 0 Å². The maximum absolute atomic E-state index is 12.6. The van der Waals surface area contributed by atoms with Crippen LogP contribution in [0.15, 0.2) is 12.1 Å². The lowest BCUT2D eigenvalue weighted by Crippen LogP contribution is -2.49. The van der Waals surface area contributed by atoms with Crippen LogP contribution in [-0.4, -0.2) is 59.5 Å². The molecule has 1 fully saturated rings. The van der Waals surface area contributed by atoms with Gasteiger partial charge in [0, 0.05) is 32.6 Å². The molecule has 3 rings (SSSR count). The van der Waals surface area contributed by atoms with Crippen LogP contribution in [0.1, 0.15) is 55.2 Å². The van der Waals surface area contributed by atoms with Crippen molar-refractivity contribution in [2.24, 2.45) is 5.92 Å². The van der Waals surface area contributed by atoms with Crippen LogP contribution in [0, 0.1) is 19.8 Å². The van der Waals surface area contributed by atoms with E-state index in [2.05, 4.69) is 18.8 Å². The zero-order valence-corrected chi connectivity index (χ0v) is 18.7. The highest BCUT2D eigenvalue weighted by Gasteiger charge is 2.27. The van der Waals surface area contributed by atoms with Crippen LogP contribution in [-0.2, 0) is 9.53 Å². The van der Waals surface area contributed by atoms with Crippen molar-refractivity contribution in [3.05, 3.63) is 29.0 Å². The van der Waals surface area contributed by atoms with Gasteiger partial charge in [0.05, 0.1) is 17.6 Å². The number of anilines is 1. The lowest BCUT2D eigenvalue weighted by Gasteiger charge is -2.36. The molecular formula is C23H32N4O3. The average molecular weight is 413 g/mol. The fraction of sp³-hybridized carbons (Fsp3) is 0.565. The van der Waals surface area contributed by atoms with Gasteiger partial charge in [0.25, 0.3) is 0 Å². The first-order valence-corrected chi connectivity index (χ1v) is 10.8. The third-order valence-electron chi connectivity index (χ3n) is 5.60. The van der Waals surface area contributed by atoms with Crippen molar-refractivity contribution in [1.82, 2.24) is 14.9 Å². The van der Waals surface area contributed by atoms with Gasteiger partial charge in [0.2, 0.25) is 5.91 Å². The number of hydrogen-bond donors (Lipinski definition) is 0. The Balaban J connectivity index is 1.85. The van der Waals surface area contributed by atoms with Gasteiger partial charge in [-0.15, -0.1) is 0 Å². The predicted octanol–water partition coefficient (Wildman–Crippen LogP) is 3.51. The first-order chi connectivity index (χ1) is 14.3. The molecule has 7 heteroatoms. The van der Waals surface area contributed by atoms with E-state index in [1.54, 1.807) is 6.92 Å². The summed E-state index contributed by atoms with van der Waals surface area (Å²) in [5.74, 6) is 0.793. The van der Waals surface area contributed by atoms with Crippen LogP contribution in [0.4, 0.5) is 5.82 Å². The Bertz CT molecular complexity index is 934. The molecule has 0 aliphatic carbocycles. The number of nitrogens with zero attached hydrogens (tertiary/aromatic N) is 4. The number of ether oxygens (including phenoxy) is 1. The zero-order chi connectivity index (χ0) is 21.8. The molecule has 0 N–H and O–H groups in total. The number of esters is 1. The molecular weight excluding hydrogens is 380 g/mol. The summed E-state index contributed by atoms with van der Waals surface area (Å²) in [5, 5.41) is 0. The normalized spacial score (nSPS) is 14.5. The maximum atomic E-state index is 12.6. The number of benzene rings is 1. The molecule has 2 heterocycles. The van der Waals surface area contributed by atoms with Crippen molar-refractivity contribution in [3.63, 3.8) is 0 Å². The van der Waals surface area contributed by atoms with E-state index < -0.39 is 5.97 Å². The number of piperazine rings is 1. The molecule has 7 nitrogen and oxygen atoms in total. The summed E-state index contributed by atoms with van der Waals surface area (Å²) in [6.45, 7) is 12.8. The van der Waals surface area contributed by atoms with E-state index in [-0.39, 0.29) is 18.2 Å². The minimum absolute atomic E-state index is 0.199. The Kier molecular flexibility index (Phi) is 6.90. The Hall–Kier alpha value is -2.70. The molecule has 0 unspecified atom stereocenters. The second-order valence-corrected chi connectivity index (χ2v) is 8.34. The second-order valence-electron chi connectivity index (χ2n) is 8.34. The van der Waals surface area contributed by atoms with E-state index in [1.807, 2.05) is 35.8 Å². The molecule has 1 amide bonds. The van der Waals surface area contributed by atoms with Crippen LogP contribution in [0.2, 0.25) is 0 Å². The molecule has 2 aromatic rings. The van der Waals surface area contributed by atoms with Gasteiger partial charge >= 0.3 is 5.97 Å². The first-order valence-electron chi connectivity index (χ1n) is 10.8. The van der Waals surface area contributed by atoms with E-state index in [4.69, 9.17) is 9.72 Å². The lowest BCUT2D eigenvalue weighted by molar-refractivity contribution is -0.131. The molecule has 1 aromatic carbocycles. The van der Waals surface area contributed by atoms with Gasteiger partial charge in [0.15, 0.2) is 11.5 Å². The number of carbonyl (C=O) groups excluding carboxylic acids is 2. The highest BCUT2D eigenvalue weighted by molar-refractivity contribution is 5.95. The largest absolute Gasteiger partial charge is 0.461 e. The third-order valence-corrected chi connectivity index (χ3v) is 5.60. The van der Waals surface area contributed by atoms with Gasteiger partial charge in [-0.1, -0.05) is 13.8 Å². The molecule has 1 saturated heterocycles. The number of amides is 1. The molecule has 1 aromatic heterocycles. The molecule has 0 bridgehead atoms. The van der Waals surface area contributed by atoms with Crippen LogP contribution in [0.3, 0.4) is 0 Å². The molecule has 1 aliphatic heterocycles. The van der Waals surface area contributed by atoms with Crippen molar-refractivity contribution < 1.29 is 14.3 Å². The van der Waals surface area contributed by atoms with Gasteiger partial charge < -0.3 is 14.5 Å². The highest BCUT2D eigenvalue weighted by atomic mass is 16.5. The van der Waals surface area contributed by atoms with Crippen LogP contribution in [0.5, 0.6) is 0 Å². The van der Waals surface area contributed by atoms with Gasteiger partial charge in [-0.05, 0) is 56.4 Å². The lowest BCUT2D eigenvalue weighted by atomic mass is 10.1. The molecule has 0 spiro atoms. The Morgan fingerprint density at radius 1 is 1.03 bits per heavy atom. The summed E-state index contributed by atoms with van der Waals surface area (Å²) in [5.41, 5.74) is 3.93. The average Bonchev–Trinajstić information content (AvgIpc) is 2.72. The number of rotatable bonds is 6. The molecule has 1 aliphatic rings. The summed E-state index contributed by atoms with van der Waals surface area (Å²) >= 11 is 0. The van der Waals surface area contributed by atoms with Crippen molar-refractivity contribution in [1.29, 1.82) is 0 Å². The minimum atomic E-state index is -0.462. The van der Waals surface area contributed by atoms with Gasteiger partial charge in [-0.3, -0.25) is 4.79 Å². The fourth-order valence-electron chi connectivity index (χ4n) is 3.60. The van der Waals surface area contributed by atoms with E-state index in [1.165, 1.54) is 0 Å². The molecule has 162 valence electrons. The molecule has 0 saturated carbocycles. The summed E-state index contributed by atoms with van der Waals surface area (Å²) in [6.07, 6.45) is 1.49. The summed E-state index contributed by atoms with van der Waals surface area (Å²) in [6, 6.07) is 3.96. The maximum Gasteiger partial charge on any atom is 0.360 e. The van der Waals surface area contributed by atoms with E-state index in [0.717, 1.165) is 23.1 Å². The first kappa shape index (κ1) is 22.0. The number of carbonyl (C=O) groups is 2. The van der Waals surface area contributed by atoms with Gasteiger partial charge in [-0.25, -0.2) is 14.8 Å². The van der Waals surface area contributed by atoms with Crippen LogP contribution in [0.25, 0.3) is 11.0 Å². The van der Waals surface area contributed by atoms with Crippen molar-refractivity contribution in [2.45, 2.75) is 47.5 Å². The Morgan fingerprint density at radius 3 is 2.20 bits per heavy atom. The summed E-state index contributed by atoms with van der Waals surface area (Å²) in [7, 11) is 0. The smallest absolute Gasteiger partial charge is 0.360 e.